The third-order valence-corrected chi connectivity index (χ3v) is 7.88. The molecule has 0 aromatic heterocycles. The van der Waals surface area contributed by atoms with Gasteiger partial charge in [-0.05, 0) is 67.4 Å². The predicted octanol–water partition coefficient (Wildman–Crippen LogP) is 4.04. The summed E-state index contributed by atoms with van der Waals surface area (Å²) in [6.07, 6.45) is 10.6. The van der Waals surface area contributed by atoms with E-state index in [1.807, 2.05) is 6.92 Å². The number of allylic oxidation sites excluding steroid dienone is 4. The lowest BCUT2D eigenvalue weighted by Crippen LogP contribution is -2.53. The van der Waals surface area contributed by atoms with Crippen molar-refractivity contribution in [3.8, 4) is 0 Å². The normalized spacial score (nSPS) is 42.6. The molecule has 0 N–H and O–H groups in total. The molecule has 4 aliphatic carbocycles. The third kappa shape index (κ3) is 2.92. The van der Waals surface area contributed by atoms with Crippen LogP contribution in [0.1, 0.15) is 59.3 Å². The first kappa shape index (κ1) is 18.6. The highest BCUT2D eigenvalue weighted by Crippen LogP contribution is 2.63. The standard InChI is InChI=1S/C23H30O4/c1-4-21(26)27-20-12-23(3)18(13(2)24)9-10-19(23)17-7-5-14-11-15(25)6-8-16(14)22(17)20/h5,7,11,16-20,22H,4,6,8-10,12H2,1-3H3/t16?,17-,18+,19?,20-,22-,23+/m0/s1. The van der Waals surface area contributed by atoms with Crippen molar-refractivity contribution in [2.75, 3.05) is 0 Å². The van der Waals surface area contributed by atoms with Gasteiger partial charge in [0.15, 0.2) is 5.78 Å². The number of hydrogen-bond acceptors (Lipinski definition) is 4. The fourth-order valence-corrected chi connectivity index (χ4v) is 6.74. The minimum Gasteiger partial charge on any atom is -0.462 e. The van der Waals surface area contributed by atoms with Gasteiger partial charge in [0.25, 0.3) is 0 Å². The van der Waals surface area contributed by atoms with Gasteiger partial charge in [-0.2, -0.15) is 0 Å². The van der Waals surface area contributed by atoms with Crippen LogP contribution in [0.25, 0.3) is 0 Å². The molecule has 0 aromatic rings. The lowest BCUT2D eigenvalue weighted by atomic mass is 9.51. The molecule has 0 amide bonds. The van der Waals surface area contributed by atoms with Crippen LogP contribution in [0, 0.1) is 35.0 Å². The summed E-state index contributed by atoms with van der Waals surface area (Å²) >= 11 is 0. The second-order valence-corrected chi connectivity index (χ2v) is 9.21. The van der Waals surface area contributed by atoms with E-state index in [1.54, 1.807) is 13.0 Å². The molecule has 0 spiro atoms. The SMILES string of the molecule is CCC(=O)O[C@H]1C[C@@]2(C)C(CC[C@@H]2C(C)=O)[C@@H]2C=CC3=CC(=O)CCC3[C@H]12. The molecule has 0 saturated heterocycles. The summed E-state index contributed by atoms with van der Waals surface area (Å²) in [5.41, 5.74) is 0.997. The number of rotatable bonds is 3. The average Bonchev–Trinajstić information content (AvgIpc) is 2.97. The van der Waals surface area contributed by atoms with E-state index in [4.69, 9.17) is 4.74 Å². The molecule has 7 atom stereocenters. The predicted molar refractivity (Wildman–Crippen MR) is 102 cm³/mol. The van der Waals surface area contributed by atoms with Crippen LogP contribution in [0.5, 0.6) is 0 Å². The summed E-state index contributed by atoms with van der Waals surface area (Å²) in [4.78, 5) is 36.4. The van der Waals surface area contributed by atoms with E-state index in [9.17, 15) is 14.4 Å². The smallest absolute Gasteiger partial charge is 0.305 e. The largest absolute Gasteiger partial charge is 0.462 e. The highest BCUT2D eigenvalue weighted by atomic mass is 16.5. The Labute approximate surface area is 161 Å². The van der Waals surface area contributed by atoms with Crippen LogP contribution in [-0.2, 0) is 19.1 Å². The summed E-state index contributed by atoms with van der Waals surface area (Å²) in [5.74, 6) is 1.64. The molecule has 0 aromatic carbocycles. The Balaban J connectivity index is 1.75. The van der Waals surface area contributed by atoms with Crippen molar-refractivity contribution in [2.45, 2.75) is 65.4 Å². The van der Waals surface area contributed by atoms with Crippen molar-refractivity contribution in [3.05, 3.63) is 23.8 Å². The lowest BCUT2D eigenvalue weighted by molar-refractivity contribution is -0.166. The van der Waals surface area contributed by atoms with Gasteiger partial charge < -0.3 is 4.74 Å². The van der Waals surface area contributed by atoms with E-state index in [0.29, 0.717) is 24.7 Å². The van der Waals surface area contributed by atoms with E-state index < -0.39 is 0 Å². The Morgan fingerprint density at radius 2 is 2.04 bits per heavy atom. The maximum Gasteiger partial charge on any atom is 0.305 e. The number of ketones is 2. The molecule has 0 bridgehead atoms. The van der Waals surface area contributed by atoms with Crippen molar-refractivity contribution >= 4 is 17.5 Å². The van der Waals surface area contributed by atoms with Gasteiger partial charge in [0, 0.05) is 24.7 Å². The molecule has 4 aliphatic rings. The van der Waals surface area contributed by atoms with Crippen molar-refractivity contribution in [2.24, 2.45) is 35.0 Å². The number of Topliss-reactive ketones (excluding diaryl/α,β-unsaturated/α-hetero) is 1. The van der Waals surface area contributed by atoms with Crippen LogP contribution >= 0.6 is 0 Å². The number of esters is 1. The molecule has 2 saturated carbocycles. The van der Waals surface area contributed by atoms with Gasteiger partial charge in [-0.15, -0.1) is 0 Å². The molecule has 0 heterocycles. The fourth-order valence-electron chi connectivity index (χ4n) is 6.74. The number of ether oxygens (including phenoxy) is 1. The topological polar surface area (TPSA) is 60.4 Å². The van der Waals surface area contributed by atoms with Gasteiger partial charge in [-0.25, -0.2) is 0 Å². The van der Waals surface area contributed by atoms with Crippen molar-refractivity contribution in [1.29, 1.82) is 0 Å². The molecular weight excluding hydrogens is 340 g/mol. The molecule has 2 fully saturated rings. The van der Waals surface area contributed by atoms with Crippen LogP contribution < -0.4 is 0 Å². The van der Waals surface area contributed by atoms with Crippen LogP contribution in [0.2, 0.25) is 0 Å². The Morgan fingerprint density at radius 3 is 2.74 bits per heavy atom. The molecule has 27 heavy (non-hydrogen) atoms. The summed E-state index contributed by atoms with van der Waals surface area (Å²) in [5, 5.41) is 0. The van der Waals surface area contributed by atoms with E-state index in [0.717, 1.165) is 31.3 Å². The van der Waals surface area contributed by atoms with E-state index >= 15 is 0 Å². The molecular formula is C23H30O4. The first-order valence-electron chi connectivity index (χ1n) is 10.5. The Bertz CT molecular complexity index is 733. The molecule has 4 heteroatoms. The van der Waals surface area contributed by atoms with E-state index in [1.165, 1.54) is 0 Å². The molecule has 2 unspecified atom stereocenters. The molecule has 146 valence electrons. The Morgan fingerprint density at radius 1 is 1.26 bits per heavy atom. The number of carbonyl (C=O) groups is 3. The number of fused-ring (bicyclic) bond motifs is 5. The zero-order valence-corrected chi connectivity index (χ0v) is 16.6. The second kappa shape index (κ2) is 6.72. The number of hydrogen-bond donors (Lipinski definition) is 0. The summed E-state index contributed by atoms with van der Waals surface area (Å²) in [6.45, 7) is 5.78. The monoisotopic (exact) mass is 370 g/mol. The number of carbonyl (C=O) groups excluding carboxylic acids is 3. The second-order valence-electron chi connectivity index (χ2n) is 9.21. The molecule has 4 rings (SSSR count). The fraction of sp³-hybridized carbons (Fsp3) is 0.696. The molecule has 4 nitrogen and oxygen atoms in total. The average molecular weight is 370 g/mol. The first-order chi connectivity index (χ1) is 12.8. The van der Waals surface area contributed by atoms with Gasteiger partial charge in [0.1, 0.15) is 11.9 Å². The molecule has 0 aliphatic heterocycles. The van der Waals surface area contributed by atoms with Gasteiger partial charge in [0.2, 0.25) is 0 Å². The van der Waals surface area contributed by atoms with Gasteiger partial charge in [-0.1, -0.05) is 26.0 Å². The van der Waals surface area contributed by atoms with Crippen LogP contribution in [0.4, 0.5) is 0 Å². The summed E-state index contributed by atoms with van der Waals surface area (Å²) < 4.78 is 5.99. The van der Waals surface area contributed by atoms with Crippen molar-refractivity contribution < 1.29 is 19.1 Å². The molecule has 0 radical (unpaired) electrons. The van der Waals surface area contributed by atoms with Crippen LogP contribution in [0.15, 0.2) is 23.8 Å². The Hall–Kier alpha value is -1.71. The van der Waals surface area contributed by atoms with E-state index in [2.05, 4.69) is 19.1 Å². The highest BCUT2D eigenvalue weighted by molar-refractivity contribution is 5.92. The van der Waals surface area contributed by atoms with Crippen LogP contribution in [-0.4, -0.2) is 23.6 Å². The first-order valence-corrected chi connectivity index (χ1v) is 10.5. The summed E-state index contributed by atoms with van der Waals surface area (Å²) in [6, 6.07) is 0. The minimum atomic E-state index is -0.171. The minimum absolute atomic E-state index is 0.0598. The van der Waals surface area contributed by atoms with E-state index in [-0.39, 0.29) is 46.8 Å². The van der Waals surface area contributed by atoms with Gasteiger partial charge >= 0.3 is 5.97 Å². The summed E-state index contributed by atoms with van der Waals surface area (Å²) in [7, 11) is 0. The third-order valence-electron chi connectivity index (χ3n) is 7.88. The quantitative estimate of drug-likeness (QED) is 0.704. The van der Waals surface area contributed by atoms with Gasteiger partial charge in [-0.3, -0.25) is 14.4 Å². The maximum absolute atomic E-state index is 12.3. The van der Waals surface area contributed by atoms with Gasteiger partial charge in [0.05, 0.1) is 0 Å². The lowest BCUT2D eigenvalue weighted by Gasteiger charge is -2.54. The van der Waals surface area contributed by atoms with Crippen LogP contribution in [0.3, 0.4) is 0 Å². The zero-order chi connectivity index (χ0) is 19.3. The Kier molecular flexibility index (Phi) is 4.64. The van der Waals surface area contributed by atoms with Crippen molar-refractivity contribution in [3.63, 3.8) is 0 Å². The maximum atomic E-state index is 12.3. The van der Waals surface area contributed by atoms with Crippen molar-refractivity contribution in [1.82, 2.24) is 0 Å². The zero-order valence-electron chi connectivity index (χ0n) is 16.6. The highest BCUT2D eigenvalue weighted by Gasteiger charge is 2.60.